The molecule has 2 aromatic heterocycles. The van der Waals surface area contributed by atoms with E-state index in [0.29, 0.717) is 23.2 Å². The first-order chi connectivity index (χ1) is 12.0. The average molecular weight is 359 g/mol. The van der Waals surface area contributed by atoms with Gasteiger partial charge in [-0.05, 0) is 44.0 Å². The summed E-state index contributed by atoms with van der Waals surface area (Å²) in [7, 11) is 0. The van der Waals surface area contributed by atoms with Crippen molar-refractivity contribution >= 4 is 28.9 Å². The maximum atomic E-state index is 10.9. The van der Waals surface area contributed by atoms with E-state index in [1.807, 2.05) is 19.1 Å². The molecule has 3 aromatic rings. The third-order valence-electron chi connectivity index (χ3n) is 4.65. The summed E-state index contributed by atoms with van der Waals surface area (Å²) in [6.07, 6.45) is 4.06. The zero-order chi connectivity index (χ0) is 18.0. The molecule has 0 aliphatic heterocycles. The van der Waals surface area contributed by atoms with Gasteiger partial charge in [0.25, 0.3) is 0 Å². The maximum absolute atomic E-state index is 10.9. The van der Waals surface area contributed by atoms with Crippen molar-refractivity contribution in [2.45, 2.75) is 52.5 Å². The number of aromatic nitrogens is 2. The van der Waals surface area contributed by atoms with Crippen molar-refractivity contribution in [1.29, 1.82) is 0 Å². The van der Waals surface area contributed by atoms with Gasteiger partial charge in [-0.25, -0.2) is 0 Å². The molecule has 3 rings (SSSR count). The average Bonchev–Trinajstić information content (AvgIpc) is 3.16. The van der Waals surface area contributed by atoms with E-state index in [2.05, 4.69) is 25.0 Å². The van der Waals surface area contributed by atoms with Gasteiger partial charge in [-0.2, -0.15) is 5.10 Å². The molecular weight excluding hydrogens is 336 g/mol. The molecule has 0 aliphatic rings. The van der Waals surface area contributed by atoms with Gasteiger partial charge in [-0.3, -0.25) is 9.48 Å². The fraction of sp³-hybridized carbons (Fsp3) is 0.400. The summed E-state index contributed by atoms with van der Waals surface area (Å²) in [5.74, 6) is 1.45. The van der Waals surface area contributed by atoms with Crippen LogP contribution in [0.4, 0.5) is 0 Å². The van der Waals surface area contributed by atoms with E-state index in [1.165, 1.54) is 0 Å². The molecule has 0 saturated carbocycles. The molecule has 0 N–H and O–H groups in total. The number of carbonyl (C=O) groups excluding carboxylic acids is 1. The molecule has 1 unspecified atom stereocenters. The van der Waals surface area contributed by atoms with E-state index >= 15 is 0 Å². The Morgan fingerprint density at radius 3 is 2.72 bits per heavy atom. The maximum Gasteiger partial charge on any atom is 0.170 e. The summed E-state index contributed by atoms with van der Waals surface area (Å²) in [5, 5.41) is 6.01. The van der Waals surface area contributed by atoms with Crippen LogP contribution in [-0.2, 0) is 6.54 Å². The Morgan fingerprint density at radius 2 is 2.08 bits per heavy atom. The van der Waals surface area contributed by atoms with Crippen molar-refractivity contribution in [2.75, 3.05) is 0 Å². The second kappa shape index (κ2) is 7.44. The summed E-state index contributed by atoms with van der Waals surface area (Å²) in [6.45, 7) is 6.84. The number of hydrogen-bond donors (Lipinski definition) is 0. The predicted molar refractivity (Wildman–Crippen MR) is 101 cm³/mol. The summed E-state index contributed by atoms with van der Waals surface area (Å²) in [6, 6.07) is 7.75. The number of hydrogen-bond acceptors (Lipinski definition) is 3. The van der Waals surface area contributed by atoms with Gasteiger partial charge in [0.05, 0.1) is 6.54 Å². The number of benzene rings is 1. The Kier molecular flexibility index (Phi) is 5.28. The molecule has 0 spiro atoms. The summed E-state index contributed by atoms with van der Waals surface area (Å²) >= 11 is 6.32. The predicted octanol–water partition coefficient (Wildman–Crippen LogP) is 5.75. The zero-order valence-corrected chi connectivity index (χ0v) is 15.6. The molecule has 132 valence electrons. The largest absolute Gasteiger partial charge is 0.460 e. The van der Waals surface area contributed by atoms with E-state index in [0.717, 1.165) is 53.5 Å². The van der Waals surface area contributed by atoms with Crippen molar-refractivity contribution < 1.29 is 9.21 Å². The van der Waals surface area contributed by atoms with Crippen molar-refractivity contribution in [3.8, 4) is 0 Å². The molecule has 25 heavy (non-hydrogen) atoms. The highest BCUT2D eigenvalue weighted by molar-refractivity contribution is 6.31. The highest BCUT2D eigenvalue weighted by Crippen LogP contribution is 2.34. The standard InChI is InChI=1S/C20H23ClN2O2/c1-4-6-14(5-2)19-10-15-8-17(21)9-16(20(15)25-19)11-23-13(3)7-18(12-24)22-23/h7-10,12,14H,4-6,11H2,1-3H3. The molecule has 1 atom stereocenters. The van der Waals surface area contributed by atoms with Gasteiger partial charge < -0.3 is 4.42 Å². The van der Waals surface area contributed by atoms with E-state index < -0.39 is 0 Å². The summed E-state index contributed by atoms with van der Waals surface area (Å²) in [5.41, 5.74) is 3.20. The van der Waals surface area contributed by atoms with Gasteiger partial charge in [-0.15, -0.1) is 0 Å². The molecule has 0 radical (unpaired) electrons. The van der Waals surface area contributed by atoms with E-state index in [-0.39, 0.29) is 0 Å². The molecular formula is C20H23ClN2O2. The minimum atomic E-state index is 0.428. The lowest BCUT2D eigenvalue weighted by atomic mass is 9.98. The number of nitrogens with zero attached hydrogens (tertiary/aromatic N) is 2. The number of aryl methyl sites for hydroxylation is 1. The molecule has 5 heteroatoms. The molecule has 4 nitrogen and oxygen atoms in total. The van der Waals surface area contributed by atoms with Crippen LogP contribution in [0.25, 0.3) is 11.0 Å². The number of fused-ring (bicyclic) bond motifs is 1. The number of halogens is 1. The van der Waals surface area contributed by atoms with Crippen molar-refractivity contribution in [2.24, 2.45) is 0 Å². The van der Waals surface area contributed by atoms with Crippen LogP contribution in [0.1, 0.15) is 66.5 Å². The second-order valence-electron chi connectivity index (χ2n) is 6.51. The van der Waals surface area contributed by atoms with Gasteiger partial charge in [0, 0.05) is 27.6 Å². The fourth-order valence-corrected chi connectivity index (χ4v) is 3.58. The van der Waals surface area contributed by atoms with Crippen molar-refractivity contribution in [3.05, 3.63) is 52.0 Å². The SMILES string of the molecule is CCCC(CC)c1cc2cc(Cl)cc(Cn3nc(C=O)cc3C)c2o1. The number of carbonyl (C=O) groups is 1. The lowest BCUT2D eigenvalue weighted by molar-refractivity contribution is 0.111. The summed E-state index contributed by atoms with van der Waals surface area (Å²) < 4.78 is 8.04. The van der Waals surface area contributed by atoms with Gasteiger partial charge in [0.2, 0.25) is 0 Å². The molecule has 0 fully saturated rings. The fourth-order valence-electron chi connectivity index (χ4n) is 3.33. The monoisotopic (exact) mass is 358 g/mol. The van der Waals surface area contributed by atoms with Crippen LogP contribution in [0, 0.1) is 6.92 Å². The highest BCUT2D eigenvalue weighted by Gasteiger charge is 2.17. The topological polar surface area (TPSA) is 48.0 Å². The van der Waals surface area contributed by atoms with Crippen LogP contribution in [0.2, 0.25) is 5.02 Å². The van der Waals surface area contributed by atoms with E-state index in [9.17, 15) is 4.79 Å². The molecule has 2 heterocycles. The van der Waals surface area contributed by atoms with Crippen LogP contribution in [0.5, 0.6) is 0 Å². The Labute approximate surface area is 152 Å². The molecule has 0 amide bonds. The zero-order valence-electron chi connectivity index (χ0n) is 14.9. The molecule has 1 aromatic carbocycles. The third kappa shape index (κ3) is 3.64. The van der Waals surface area contributed by atoms with Crippen LogP contribution in [0.3, 0.4) is 0 Å². The second-order valence-corrected chi connectivity index (χ2v) is 6.95. The van der Waals surface area contributed by atoms with Crippen LogP contribution < -0.4 is 0 Å². The van der Waals surface area contributed by atoms with Crippen molar-refractivity contribution in [1.82, 2.24) is 9.78 Å². The first-order valence-corrected chi connectivity index (χ1v) is 9.15. The number of aldehydes is 1. The third-order valence-corrected chi connectivity index (χ3v) is 4.87. The van der Waals surface area contributed by atoms with E-state index in [4.69, 9.17) is 16.0 Å². The first-order valence-electron chi connectivity index (χ1n) is 8.77. The Bertz CT molecular complexity index is 895. The number of rotatable bonds is 7. The van der Waals surface area contributed by atoms with Crippen LogP contribution in [-0.4, -0.2) is 16.1 Å². The van der Waals surface area contributed by atoms with Crippen molar-refractivity contribution in [3.63, 3.8) is 0 Å². The van der Waals surface area contributed by atoms with Gasteiger partial charge in [-0.1, -0.05) is 31.9 Å². The quantitative estimate of drug-likeness (QED) is 0.505. The highest BCUT2D eigenvalue weighted by atomic mass is 35.5. The molecule has 0 bridgehead atoms. The minimum absolute atomic E-state index is 0.428. The summed E-state index contributed by atoms with van der Waals surface area (Å²) in [4.78, 5) is 10.9. The van der Waals surface area contributed by atoms with Crippen LogP contribution >= 0.6 is 11.6 Å². The van der Waals surface area contributed by atoms with Gasteiger partial charge in [0.15, 0.2) is 6.29 Å². The Morgan fingerprint density at radius 1 is 1.28 bits per heavy atom. The molecule has 0 saturated heterocycles. The van der Waals surface area contributed by atoms with E-state index in [1.54, 1.807) is 10.7 Å². The lowest BCUT2D eigenvalue weighted by Gasteiger charge is -2.10. The lowest BCUT2D eigenvalue weighted by Crippen LogP contribution is -2.04. The normalized spacial score (nSPS) is 12.6. The number of furan rings is 1. The Hall–Kier alpha value is -2.07. The molecule has 0 aliphatic carbocycles. The van der Waals surface area contributed by atoms with Gasteiger partial charge >= 0.3 is 0 Å². The smallest absolute Gasteiger partial charge is 0.170 e. The Balaban J connectivity index is 2.03. The minimum Gasteiger partial charge on any atom is -0.460 e. The van der Waals surface area contributed by atoms with Gasteiger partial charge in [0.1, 0.15) is 17.0 Å². The van der Waals surface area contributed by atoms with Crippen LogP contribution in [0.15, 0.2) is 28.7 Å². The first kappa shape index (κ1) is 17.7.